The van der Waals surface area contributed by atoms with Crippen LogP contribution in [0.1, 0.15) is 24.3 Å². The molecule has 1 nitrogen and oxygen atoms in total. The van der Waals surface area contributed by atoms with Crippen molar-refractivity contribution in [3.05, 3.63) is 65.7 Å². The molecule has 0 aliphatic heterocycles. The fourth-order valence-electron chi connectivity index (χ4n) is 2.74. The summed E-state index contributed by atoms with van der Waals surface area (Å²) in [6.45, 7) is 0. The minimum Gasteiger partial charge on any atom is -0.247 e. The number of pyridine rings is 1. The molecule has 1 aromatic heterocycles. The highest BCUT2D eigenvalue weighted by Crippen LogP contribution is 2.45. The van der Waals surface area contributed by atoms with Crippen molar-refractivity contribution in [2.75, 3.05) is 0 Å². The lowest BCUT2D eigenvalue weighted by Gasteiger charge is -2.11. The van der Waals surface area contributed by atoms with Gasteiger partial charge in [-0.2, -0.15) is 0 Å². The minimum atomic E-state index is -0.829. The summed E-state index contributed by atoms with van der Waals surface area (Å²) in [6, 6.07) is 14.1. The summed E-state index contributed by atoms with van der Waals surface area (Å²) in [6.07, 6.45) is 2.17. The lowest BCUT2D eigenvalue weighted by atomic mass is 9.99. The summed E-state index contributed by atoms with van der Waals surface area (Å²) in [7, 11) is 0. The summed E-state index contributed by atoms with van der Waals surface area (Å²) >= 11 is 0. The van der Waals surface area contributed by atoms with Crippen molar-refractivity contribution in [1.29, 1.82) is 0 Å². The molecule has 21 heavy (non-hydrogen) atoms. The number of hydrogen-bond acceptors (Lipinski definition) is 1. The van der Waals surface area contributed by atoms with E-state index in [1.165, 1.54) is 6.07 Å². The number of rotatable bonds is 2. The fourth-order valence-corrected chi connectivity index (χ4v) is 2.74. The molecule has 0 atom stereocenters. The number of halogens is 2. The summed E-state index contributed by atoms with van der Waals surface area (Å²) in [5, 5.41) is 1.04. The number of nitrogens with zero attached hydrogens (tertiary/aromatic N) is 1. The number of fused-ring (bicyclic) bond motifs is 1. The first-order chi connectivity index (χ1) is 10.2. The van der Waals surface area contributed by atoms with E-state index in [9.17, 15) is 8.78 Å². The molecule has 0 bridgehead atoms. The Morgan fingerprint density at radius 3 is 2.57 bits per heavy atom. The Bertz CT molecular complexity index is 838. The maximum atomic E-state index is 14.1. The highest BCUT2D eigenvalue weighted by molar-refractivity contribution is 5.84. The Kier molecular flexibility index (Phi) is 2.74. The first-order valence-electron chi connectivity index (χ1n) is 7.08. The number of hydrogen-bond donors (Lipinski definition) is 0. The summed E-state index contributed by atoms with van der Waals surface area (Å²) in [5.74, 6) is -1.23. The molecular weight excluding hydrogens is 268 g/mol. The molecule has 0 saturated heterocycles. The van der Waals surface area contributed by atoms with E-state index in [0.29, 0.717) is 11.6 Å². The normalized spacial score (nSPS) is 14.6. The molecule has 0 radical (unpaired) electrons. The van der Waals surface area contributed by atoms with E-state index >= 15 is 0 Å². The van der Waals surface area contributed by atoms with Crippen LogP contribution in [0.3, 0.4) is 0 Å². The maximum absolute atomic E-state index is 14.1. The molecule has 1 aliphatic carbocycles. The first-order valence-corrected chi connectivity index (χ1v) is 7.08. The molecule has 3 aromatic rings. The molecule has 0 unspecified atom stereocenters. The van der Waals surface area contributed by atoms with Gasteiger partial charge in [0.25, 0.3) is 0 Å². The quantitative estimate of drug-likeness (QED) is 0.640. The van der Waals surface area contributed by atoms with Gasteiger partial charge in [0.05, 0.1) is 11.2 Å². The molecule has 3 heteroatoms. The predicted octanol–water partition coefficient (Wildman–Crippen LogP) is 5.06. The van der Waals surface area contributed by atoms with E-state index in [4.69, 9.17) is 0 Å². The molecule has 1 saturated carbocycles. The van der Waals surface area contributed by atoms with E-state index < -0.39 is 11.6 Å². The second-order valence-corrected chi connectivity index (χ2v) is 5.49. The Morgan fingerprint density at radius 1 is 0.952 bits per heavy atom. The monoisotopic (exact) mass is 281 g/mol. The van der Waals surface area contributed by atoms with Crippen LogP contribution in [0.2, 0.25) is 0 Å². The molecule has 104 valence electrons. The van der Waals surface area contributed by atoms with Gasteiger partial charge in [-0.3, -0.25) is 0 Å². The van der Waals surface area contributed by atoms with Crippen molar-refractivity contribution in [3.63, 3.8) is 0 Å². The molecule has 2 aromatic carbocycles. The van der Waals surface area contributed by atoms with Crippen LogP contribution < -0.4 is 0 Å². The lowest BCUT2D eigenvalue weighted by molar-refractivity contribution is 0.511. The third-order valence-electron chi connectivity index (χ3n) is 3.98. The summed E-state index contributed by atoms with van der Waals surface area (Å²) in [5.41, 5.74) is 2.66. The van der Waals surface area contributed by atoms with E-state index in [0.717, 1.165) is 35.4 Å². The van der Waals surface area contributed by atoms with Gasteiger partial charge in [0, 0.05) is 10.9 Å². The van der Waals surface area contributed by atoms with Gasteiger partial charge in [-0.1, -0.05) is 24.3 Å². The lowest BCUT2D eigenvalue weighted by Crippen LogP contribution is -1.97. The first kappa shape index (κ1) is 12.5. The van der Waals surface area contributed by atoms with Crippen molar-refractivity contribution in [1.82, 2.24) is 4.98 Å². The number of benzene rings is 2. The van der Waals surface area contributed by atoms with Crippen LogP contribution in [0.4, 0.5) is 8.78 Å². The van der Waals surface area contributed by atoms with Crippen molar-refractivity contribution < 1.29 is 8.78 Å². The average Bonchev–Trinajstić information content (AvgIpc) is 3.33. The average molecular weight is 281 g/mol. The van der Waals surface area contributed by atoms with Crippen LogP contribution in [-0.2, 0) is 0 Å². The Hall–Kier alpha value is -2.29. The third kappa shape index (κ3) is 2.09. The second-order valence-electron chi connectivity index (χ2n) is 5.49. The van der Waals surface area contributed by atoms with E-state index in [1.54, 1.807) is 6.07 Å². The van der Waals surface area contributed by atoms with Gasteiger partial charge in [-0.05, 0) is 48.6 Å². The van der Waals surface area contributed by atoms with Crippen LogP contribution in [0.25, 0.3) is 22.2 Å². The second kappa shape index (κ2) is 4.62. The molecule has 1 fully saturated rings. The molecule has 4 rings (SSSR count). The predicted molar refractivity (Wildman–Crippen MR) is 79.1 cm³/mol. The number of para-hydroxylation sites is 1. The van der Waals surface area contributed by atoms with Crippen molar-refractivity contribution in [2.24, 2.45) is 0 Å². The smallest absolute Gasteiger partial charge is 0.168 e. The van der Waals surface area contributed by atoms with Crippen LogP contribution >= 0.6 is 0 Å². The zero-order valence-electron chi connectivity index (χ0n) is 11.3. The van der Waals surface area contributed by atoms with E-state index in [2.05, 4.69) is 11.1 Å². The Balaban J connectivity index is 2.02. The topological polar surface area (TPSA) is 12.9 Å². The van der Waals surface area contributed by atoms with Gasteiger partial charge in [0.15, 0.2) is 11.6 Å². The van der Waals surface area contributed by atoms with Gasteiger partial charge < -0.3 is 0 Å². The zero-order valence-corrected chi connectivity index (χ0v) is 11.3. The molecule has 0 spiro atoms. The van der Waals surface area contributed by atoms with E-state index in [1.807, 2.05) is 24.3 Å². The van der Waals surface area contributed by atoms with Crippen molar-refractivity contribution in [3.8, 4) is 11.3 Å². The Morgan fingerprint density at radius 2 is 1.76 bits per heavy atom. The van der Waals surface area contributed by atoms with Crippen LogP contribution in [0.5, 0.6) is 0 Å². The zero-order chi connectivity index (χ0) is 14.4. The molecule has 0 amide bonds. The highest BCUT2D eigenvalue weighted by Gasteiger charge is 2.28. The van der Waals surface area contributed by atoms with Crippen LogP contribution in [0, 0.1) is 11.6 Å². The molecular formula is C18H13F2N. The van der Waals surface area contributed by atoms with E-state index in [-0.39, 0.29) is 5.56 Å². The minimum absolute atomic E-state index is 0.252. The molecule has 1 aliphatic rings. The maximum Gasteiger partial charge on any atom is 0.168 e. The van der Waals surface area contributed by atoms with Gasteiger partial charge in [0.1, 0.15) is 0 Å². The number of aromatic nitrogens is 1. The van der Waals surface area contributed by atoms with Crippen LogP contribution in [-0.4, -0.2) is 4.98 Å². The SMILES string of the molecule is Fc1cccc(-c2nc3ccccc3cc2C2CC2)c1F. The standard InChI is InChI=1S/C18H13F2N/c19-15-6-3-5-13(17(15)20)18-14(11-8-9-11)10-12-4-1-2-7-16(12)21-18/h1-7,10-11H,8-9H2. The summed E-state index contributed by atoms with van der Waals surface area (Å²) < 4.78 is 27.7. The molecule has 1 heterocycles. The van der Waals surface area contributed by atoms with Crippen LogP contribution in [0.15, 0.2) is 48.5 Å². The largest absolute Gasteiger partial charge is 0.247 e. The van der Waals surface area contributed by atoms with Gasteiger partial charge in [-0.25, -0.2) is 13.8 Å². The van der Waals surface area contributed by atoms with Gasteiger partial charge >= 0.3 is 0 Å². The van der Waals surface area contributed by atoms with Crippen molar-refractivity contribution >= 4 is 10.9 Å². The van der Waals surface area contributed by atoms with Gasteiger partial charge in [-0.15, -0.1) is 0 Å². The fraction of sp³-hybridized carbons (Fsp3) is 0.167. The highest BCUT2D eigenvalue weighted by atomic mass is 19.2. The summed E-state index contributed by atoms with van der Waals surface area (Å²) in [4.78, 5) is 4.60. The van der Waals surface area contributed by atoms with Crippen molar-refractivity contribution in [2.45, 2.75) is 18.8 Å². The van der Waals surface area contributed by atoms with Gasteiger partial charge in [0.2, 0.25) is 0 Å². The third-order valence-corrected chi connectivity index (χ3v) is 3.98. The molecule has 0 N–H and O–H groups in total. The Labute approximate surface area is 121 Å².